The number of guanidine groups is 1. The van der Waals surface area contributed by atoms with E-state index in [2.05, 4.69) is 32.6 Å². The van der Waals surface area contributed by atoms with Gasteiger partial charge in [0, 0.05) is 24.7 Å². The number of thiazole rings is 1. The molecule has 6 nitrogen and oxygen atoms in total. The lowest BCUT2D eigenvalue weighted by atomic mass is 10.4. The quantitative estimate of drug-likeness (QED) is 0.442. The van der Waals surface area contributed by atoms with Crippen LogP contribution in [0, 0.1) is 6.92 Å². The van der Waals surface area contributed by atoms with Crippen molar-refractivity contribution in [2.45, 2.75) is 26.9 Å². The highest BCUT2D eigenvalue weighted by Gasteiger charge is 2.04. The van der Waals surface area contributed by atoms with E-state index in [4.69, 9.17) is 0 Å². The molecular formula is C13H21IN6S. The van der Waals surface area contributed by atoms with Gasteiger partial charge in [0.25, 0.3) is 0 Å². The van der Waals surface area contributed by atoms with Crippen LogP contribution in [0.3, 0.4) is 0 Å². The summed E-state index contributed by atoms with van der Waals surface area (Å²) in [6.45, 7) is 6.26. The van der Waals surface area contributed by atoms with E-state index in [0.29, 0.717) is 6.54 Å². The number of halogens is 1. The average Bonchev–Trinajstić information content (AvgIpc) is 3.02. The molecule has 0 atom stereocenters. The Balaban J connectivity index is 0.00000220. The van der Waals surface area contributed by atoms with Crippen LogP contribution in [0.5, 0.6) is 0 Å². The third kappa shape index (κ3) is 5.27. The predicted molar refractivity (Wildman–Crippen MR) is 97.1 cm³/mol. The van der Waals surface area contributed by atoms with Crippen molar-refractivity contribution >= 4 is 41.3 Å². The normalized spacial score (nSPS) is 11.1. The van der Waals surface area contributed by atoms with Crippen molar-refractivity contribution in [3.63, 3.8) is 0 Å². The van der Waals surface area contributed by atoms with E-state index in [0.717, 1.165) is 30.4 Å². The van der Waals surface area contributed by atoms with Crippen LogP contribution in [0.1, 0.15) is 23.2 Å². The van der Waals surface area contributed by atoms with Crippen molar-refractivity contribution in [2.75, 3.05) is 6.54 Å². The zero-order chi connectivity index (χ0) is 14.4. The highest BCUT2D eigenvalue weighted by Crippen LogP contribution is 2.11. The Morgan fingerprint density at radius 2 is 2.24 bits per heavy atom. The summed E-state index contributed by atoms with van der Waals surface area (Å²) in [7, 11) is 1.92. The molecule has 0 unspecified atom stereocenters. The summed E-state index contributed by atoms with van der Waals surface area (Å²) in [4.78, 5) is 10.0. The molecule has 0 bridgehead atoms. The van der Waals surface area contributed by atoms with Crippen LogP contribution in [-0.4, -0.2) is 27.3 Å². The lowest BCUT2D eigenvalue weighted by molar-refractivity contribution is 0.707. The van der Waals surface area contributed by atoms with Crippen LogP contribution in [0.15, 0.2) is 22.8 Å². The molecule has 0 aromatic carbocycles. The fourth-order valence-electron chi connectivity index (χ4n) is 1.72. The molecule has 2 rings (SSSR count). The van der Waals surface area contributed by atoms with E-state index >= 15 is 0 Å². The van der Waals surface area contributed by atoms with Crippen molar-refractivity contribution in [2.24, 2.45) is 12.0 Å². The Hall–Kier alpha value is -1.16. The van der Waals surface area contributed by atoms with Gasteiger partial charge in [0.15, 0.2) is 5.96 Å². The second-order valence-electron chi connectivity index (χ2n) is 4.36. The second-order valence-corrected chi connectivity index (χ2v) is 5.30. The summed E-state index contributed by atoms with van der Waals surface area (Å²) in [5.41, 5.74) is 4.02. The molecule has 0 radical (unpaired) electrons. The van der Waals surface area contributed by atoms with Gasteiger partial charge in [-0.05, 0) is 19.9 Å². The number of hydrogen-bond acceptors (Lipinski definition) is 4. The summed E-state index contributed by atoms with van der Waals surface area (Å²) < 4.78 is 1.83. The molecule has 0 saturated heterocycles. The summed E-state index contributed by atoms with van der Waals surface area (Å²) in [6, 6.07) is 1.97. The van der Waals surface area contributed by atoms with E-state index in [9.17, 15) is 0 Å². The van der Waals surface area contributed by atoms with Crippen molar-refractivity contribution in [3.05, 3.63) is 34.0 Å². The SMILES string of the molecule is CCNC(=NCc1ccnn1C)NCc1scnc1C.I. The topological polar surface area (TPSA) is 67.1 Å². The molecule has 2 heterocycles. The van der Waals surface area contributed by atoms with E-state index in [1.165, 1.54) is 4.88 Å². The molecule has 8 heteroatoms. The van der Waals surface area contributed by atoms with E-state index in [1.807, 2.05) is 30.2 Å². The fourth-order valence-corrected chi connectivity index (χ4v) is 2.43. The minimum absolute atomic E-state index is 0. The van der Waals surface area contributed by atoms with Gasteiger partial charge in [0.05, 0.1) is 30.0 Å². The van der Waals surface area contributed by atoms with Gasteiger partial charge in [-0.2, -0.15) is 5.10 Å². The second kappa shape index (κ2) is 8.98. The molecule has 116 valence electrons. The first-order valence-corrected chi connectivity index (χ1v) is 7.46. The molecule has 2 aromatic rings. The molecule has 2 aromatic heterocycles. The van der Waals surface area contributed by atoms with E-state index < -0.39 is 0 Å². The minimum atomic E-state index is 0. The molecule has 21 heavy (non-hydrogen) atoms. The van der Waals surface area contributed by atoms with Crippen LogP contribution in [-0.2, 0) is 20.1 Å². The van der Waals surface area contributed by atoms with Gasteiger partial charge in [0.2, 0.25) is 0 Å². The van der Waals surface area contributed by atoms with Gasteiger partial charge in [-0.25, -0.2) is 9.98 Å². The number of nitrogens with zero attached hydrogens (tertiary/aromatic N) is 4. The van der Waals surface area contributed by atoms with Gasteiger partial charge >= 0.3 is 0 Å². The van der Waals surface area contributed by atoms with E-state index in [-0.39, 0.29) is 24.0 Å². The maximum Gasteiger partial charge on any atom is 0.191 e. The number of aromatic nitrogens is 3. The summed E-state index contributed by atoms with van der Waals surface area (Å²) in [6.07, 6.45) is 1.78. The predicted octanol–water partition coefficient (Wildman–Crippen LogP) is 2.06. The van der Waals surface area contributed by atoms with E-state index in [1.54, 1.807) is 17.5 Å². The Labute approximate surface area is 146 Å². The molecule has 2 N–H and O–H groups in total. The molecular weight excluding hydrogens is 399 g/mol. The van der Waals surface area contributed by atoms with Gasteiger partial charge in [0.1, 0.15) is 0 Å². The standard InChI is InChI=1S/C13H20N6S.HI/c1-4-14-13(15-7-11-5-6-18-19(11)3)16-8-12-10(2)17-9-20-12;/h5-6,9H,4,7-8H2,1-3H3,(H2,14,15,16);1H. The number of hydrogen-bond donors (Lipinski definition) is 2. The molecule has 0 aliphatic heterocycles. The first-order valence-electron chi connectivity index (χ1n) is 6.58. The zero-order valence-corrected chi connectivity index (χ0v) is 15.6. The maximum atomic E-state index is 4.56. The first-order chi connectivity index (χ1) is 9.70. The zero-order valence-electron chi connectivity index (χ0n) is 12.5. The van der Waals surface area contributed by atoms with Gasteiger partial charge in [-0.15, -0.1) is 35.3 Å². The first kappa shape index (κ1) is 17.9. The average molecular weight is 420 g/mol. The monoisotopic (exact) mass is 420 g/mol. The number of nitrogens with one attached hydrogen (secondary N) is 2. The molecule has 0 spiro atoms. The van der Waals surface area contributed by atoms with Crippen LogP contribution in [0.25, 0.3) is 0 Å². The maximum absolute atomic E-state index is 4.56. The van der Waals surface area contributed by atoms with Crippen molar-refractivity contribution in [3.8, 4) is 0 Å². The largest absolute Gasteiger partial charge is 0.357 e. The molecule has 0 amide bonds. The van der Waals surface area contributed by atoms with Gasteiger partial charge in [-0.3, -0.25) is 4.68 Å². The summed E-state index contributed by atoms with van der Waals surface area (Å²) in [5.74, 6) is 0.807. The summed E-state index contributed by atoms with van der Waals surface area (Å²) in [5, 5.41) is 10.7. The smallest absolute Gasteiger partial charge is 0.191 e. The molecule has 0 aliphatic rings. The van der Waals surface area contributed by atoms with Crippen molar-refractivity contribution in [1.29, 1.82) is 0 Å². The third-order valence-electron chi connectivity index (χ3n) is 2.93. The number of aryl methyl sites for hydroxylation is 2. The van der Waals surface area contributed by atoms with Gasteiger partial charge in [-0.1, -0.05) is 0 Å². The van der Waals surface area contributed by atoms with Crippen LogP contribution < -0.4 is 10.6 Å². The minimum Gasteiger partial charge on any atom is -0.357 e. The molecule has 0 fully saturated rings. The van der Waals surface area contributed by atoms with Gasteiger partial charge < -0.3 is 10.6 Å². The fraction of sp³-hybridized carbons (Fsp3) is 0.462. The molecule has 0 saturated carbocycles. The Morgan fingerprint density at radius 1 is 1.43 bits per heavy atom. The summed E-state index contributed by atoms with van der Waals surface area (Å²) >= 11 is 1.66. The Kier molecular flexibility index (Phi) is 7.65. The Morgan fingerprint density at radius 3 is 2.81 bits per heavy atom. The van der Waals surface area contributed by atoms with Crippen molar-refractivity contribution < 1.29 is 0 Å². The lowest BCUT2D eigenvalue weighted by Crippen LogP contribution is -2.36. The highest BCUT2D eigenvalue weighted by molar-refractivity contribution is 14.0. The molecule has 0 aliphatic carbocycles. The third-order valence-corrected chi connectivity index (χ3v) is 3.86. The Bertz CT molecular complexity index is 577. The van der Waals surface area contributed by atoms with Crippen LogP contribution in [0.4, 0.5) is 0 Å². The number of rotatable bonds is 5. The van der Waals surface area contributed by atoms with Crippen LogP contribution >= 0.6 is 35.3 Å². The number of aliphatic imine (C=N–C) groups is 1. The lowest BCUT2D eigenvalue weighted by Gasteiger charge is -2.10. The highest BCUT2D eigenvalue weighted by atomic mass is 127. The van der Waals surface area contributed by atoms with Crippen LogP contribution in [0.2, 0.25) is 0 Å². The van der Waals surface area contributed by atoms with Crippen molar-refractivity contribution in [1.82, 2.24) is 25.4 Å².